The van der Waals surface area contributed by atoms with Crippen LogP contribution < -0.4 is 26.3 Å². The van der Waals surface area contributed by atoms with Gasteiger partial charge < -0.3 is 15.0 Å². The average Bonchev–Trinajstić information content (AvgIpc) is 2.39. The fourth-order valence-corrected chi connectivity index (χ4v) is 3.96. The number of carbonyl (C=O) groups excluding carboxylic acids is 1. The van der Waals surface area contributed by atoms with E-state index >= 15 is 0 Å². The van der Waals surface area contributed by atoms with Crippen molar-refractivity contribution in [1.82, 2.24) is 0 Å². The van der Waals surface area contributed by atoms with Crippen molar-refractivity contribution in [3.63, 3.8) is 0 Å². The lowest BCUT2D eigenvalue weighted by molar-refractivity contribution is -0.597. The molecule has 0 heterocycles. The van der Waals surface area contributed by atoms with Gasteiger partial charge in [0.15, 0.2) is 7.14 Å². The molecule has 2 aromatic rings. The van der Waals surface area contributed by atoms with Crippen LogP contribution in [0, 0.1) is 7.14 Å². The van der Waals surface area contributed by atoms with Gasteiger partial charge in [0.2, 0.25) is 0 Å². The van der Waals surface area contributed by atoms with Gasteiger partial charge >= 0.3 is 27.2 Å². The van der Waals surface area contributed by atoms with E-state index in [-0.39, 0.29) is 11.1 Å². The molecule has 0 aliphatic rings. The van der Waals surface area contributed by atoms with E-state index in [9.17, 15) is 14.7 Å². The Balaban J connectivity index is 2.26. The predicted octanol–water partition coefficient (Wildman–Crippen LogP) is -2.12. The lowest BCUT2D eigenvalue weighted by Gasteiger charge is -1.99. The van der Waals surface area contributed by atoms with Crippen LogP contribution in [-0.2, 0) is 0 Å². The monoisotopic (exact) mass is 368 g/mol. The Bertz CT molecular complexity index is 581. The zero-order valence-corrected chi connectivity index (χ0v) is 11.8. The van der Waals surface area contributed by atoms with Crippen molar-refractivity contribution in [1.29, 1.82) is 0 Å². The van der Waals surface area contributed by atoms with Crippen molar-refractivity contribution < 1.29 is 41.0 Å². The van der Waals surface area contributed by atoms with Crippen LogP contribution in [0.5, 0.6) is 0 Å². The fourth-order valence-electron chi connectivity index (χ4n) is 1.48. The van der Waals surface area contributed by atoms with Crippen molar-refractivity contribution in [2.75, 3.05) is 0 Å². The second kappa shape index (κ2) is 5.83. The zero-order chi connectivity index (χ0) is 13.8. The molecule has 19 heavy (non-hydrogen) atoms. The lowest BCUT2D eigenvalue weighted by atomic mass is 10.2. The SMILES string of the molecule is O=C([O-])c1cccc([I+]c2cccc(C(=O)O)c2)c1. The minimum absolute atomic E-state index is 0.145. The molecule has 0 saturated carbocycles. The number of benzene rings is 2. The van der Waals surface area contributed by atoms with Crippen LogP contribution in [0.4, 0.5) is 0 Å². The smallest absolute Gasteiger partial charge is 0.357 e. The fraction of sp³-hybridized carbons (Fsp3) is 0. The third-order valence-electron chi connectivity index (χ3n) is 2.35. The largest absolute Gasteiger partial charge is 0.545 e. The Labute approximate surface area is 120 Å². The van der Waals surface area contributed by atoms with Crippen LogP contribution in [0.1, 0.15) is 20.7 Å². The molecule has 0 saturated heterocycles. The summed E-state index contributed by atoms with van der Waals surface area (Å²) in [6.45, 7) is 0. The van der Waals surface area contributed by atoms with Gasteiger partial charge in [-0.2, -0.15) is 0 Å². The number of aromatic carboxylic acids is 2. The second-order valence-electron chi connectivity index (χ2n) is 3.71. The maximum Gasteiger partial charge on any atom is 0.357 e. The van der Waals surface area contributed by atoms with Gasteiger partial charge in [-0.05, 0) is 18.2 Å². The van der Waals surface area contributed by atoms with Gasteiger partial charge in [-0.15, -0.1) is 0 Å². The van der Waals surface area contributed by atoms with E-state index in [2.05, 4.69) is 0 Å². The van der Waals surface area contributed by atoms with Crippen molar-refractivity contribution in [2.45, 2.75) is 0 Å². The van der Waals surface area contributed by atoms with Gasteiger partial charge in [0.25, 0.3) is 0 Å². The normalized spacial score (nSPS) is 10.1. The molecule has 96 valence electrons. The Morgan fingerprint density at radius 1 is 0.947 bits per heavy atom. The second-order valence-corrected chi connectivity index (χ2v) is 6.74. The maximum atomic E-state index is 10.9. The van der Waals surface area contributed by atoms with Crippen LogP contribution in [0.2, 0.25) is 0 Å². The molecule has 0 unspecified atom stereocenters. The van der Waals surface area contributed by atoms with Crippen LogP contribution in [0.15, 0.2) is 48.5 Å². The molecule has 0 spiro atoms. The molecule has 2 aromatic carbocycles. The van der Waals surface area contributed by atoms with Crippen LogP contribution in [-0.4, -0.2) is 17.0 Å². The van der Waals surface area contributed by atoms with Crippen molar-refractivity contribution in [3.8, 4) is 0 Å². The average molecular weight is 368 g/mol. The predicted molar refractivity (Wildman–Crippen MR) is 61.6 cm³/mol. The summed E-state index contributed by atoms with van der Waals surface area (Å²) in [5, 5.41) is 19.7. The summed E-state index contributed by atoms with van der Waals surface area (Å²) >= 11 is -0.610. The van der Waals surface area contributed by atoms with E-state index in [1.807, 2.05) is 12.1 Å². The van der Waals surface area contributed by atoms with E-state index < -0.39 is 33.1 Å². The Kier molecular flexibility index (Phi) is 4.16. The van der Waals surface area contributed by atoms with Crippen LogP contribution >= 0.6 is 0 Å². The van der Waals surface area contributed by atoms with E-state index in [0.717, 1.165) is 7.14 Å². The highest BCUT2D eigenvalue weighted by Gasteiger charge is 2.17. The quantitative estimate of drug-likeness (QED) is 0.626. The first kappa shape index (κ1) is 13.5. The summed E-state index contributed by atoms with van der Waals surface area (Å²) in [6.07, 6.45) is 0. The maximum absolute atomic E-state index is 10.9. The molecule has 0 aliphatic heterocycles. The number of rotatable bonds is 4. The van der Waals surface area contributed by atoms with Gasteiger partial charge in [0, 0.05) is 17.7 Å². The molecule has 1 N–H and O–H groups in total. The number of hydrogen-bond donors (Lipinski definition) is 1. The summed E-state index contributed by atoms with van der Waals surface area (Å²) in [5.74, 6) is -2.17. The Morgan fingerprint density at radius 3 is 2.00 bits per heavy atom. The van der Waals surface area contributed by atoms with Crippen LogP contribution in [0.25, 0.3) is 0 Å². The Hall–Kier alpha value is -1.89. The van der Waals surface area contributed by atoms with Crippen LogP contribution in [0.3, 0.4) is 0 Å². The van der Waals surface area contributed by atoms with E-state index in [1.165, 1.54) is 12.1 Å². The molecule has 2 rings (SSSR count). The molecule has 5 heteroatoms. The van der Waals surface area contributed by atoms with Gasteiger partial charge in [-0.1, -0.05) is 18.2 Å². The number of hydrogen-bond acceptors (Lipinski definition) is 3. The number of carboxylic acid groups (broad SMARTS) is 2. The number of carboxylic acids is 2. The van der Waals surface area contributed by atoms with E-state index in [0.29, 0.717) is 0 Å². The molecule has 0 amide bonds. The van der Waals surface area contributed by atoms with Gasteiger partial charge in [0.1, 0.15) is 0 Å². The summed E-state index contributed by atoms with van der Waals surface area (Å²) < 4.78 is 1.83. The highest BCUT2D eigenvalue weighted by Crippen LogP contribution is 1.98. The molecular formula is C14H9IO4. The highest BCUT2D eigenvalue weighted by molar-refractivity contribution is 5.87. The van der Waals surface area contributed by atoms with Crippen molar-refractivity contribution in [2.24, 2.45) is 0 Å². The first-order valence-corrected chi connectivity index (χ1v) is 7.51. The third-order valence-corrected chi connectivity index (χ3v) is 4.94. The minimum Gasteiger partial charge on any atom is -0.545 e. The van der Waals surface area contributed by atoms with E-state index in [1.54, 1.807) is 24.3 Å². The van der Waals surface area contributed by atoms with Gasteiger partial charge in [0.05, 0.1) is 11.5 Å². The summed E-state index contributed by atoms with van der Waals surface area (Å²) in [7, 11) is 0. The first-order chi connectivity index (χ1) is 9.06. The van der Waals surface area contributed by atoms with E-state index in [4.69, 9.17) is 5.11 Å². The molecule has 0 aromatic heterocycles. The minimum atomic E-state index is -1.20. The summed E-state index contributed by atoms with van der Waals surface area (Å²) in [4.78, 5) is 21.6. The molecule has 0 atom stereocenters. The zero-order valence-electron chi connectivity index (χ0n) is 9.67. The van der Waals surface area contributed by atoms with Crippen molar-refractivity contribution in [3.05, 3.63) is 66.8 Å². The molecule has 0 bridgehead atoms. The number of halogens is 1. The van der Waals surface area contributed by atoms with Gasteiger partial charge in [-0.25, -0.2) is 4.79 Å². The molecular weight excluding hydrogens is 359 g/mol. The first-order valence-electron chi connectivity index (χ1n) is 5.36. The topological polar surface area (TPSA) is 77.4 Å². The van der Waals surface area contributed by atoms with Crippen molar-refractivity contribution >= 4 is 11.9 Å². The molecule has 0 fully saturated rings. The highest BCUT2D eigenvalue weighted by atomic mass is 127. The lowest BCUT2D eigenvalue weighted by Crippen LogP contribution is -3.61. The summed E-state index contributed by atoms with van der Waals surface area (Å²) in [5.41, 5.74) is 0.389. The summed E-state index contributed by atoms with van der Waals surface area (Å²) in [6, 6.07) is 13.3. The third kappa shape index (κ3) is 3.54. The van der Waals surface area contributed by atoms with Gasteiger partial charge in [-0.3, -0.25) is 0 Å². The Morgan fingerprint density at radius 2 is 1.47 bits per heavy atom. The number of carbonyl (C=O) groups is 2. The molecule has 4 nitrogen and oxygen atoms in total. The standard InChI is InChI=1S/C14H9IO4/c16-13(17)9-3-1-5-11(7-9)15-12-6-2-4-10(8-12)14(18)19/h1-8H,(H-,16,17,18,19). The molecule has 0 aliphatic carbocycles. The molecule has 0 radical (unpaired) electrons.